The van der Waals surface area contributed by atoms with Crippen LogP contribution >= 0.6 is 23.2 Å². The molecule has 2 aromatic carbocycles. The summed E-state index contributed by atoms with van der Waals surface area (Å²) in [5, 5.41) is 13.3. The Morgan fingerprint density at radius 1 is 1.24 bits per heavy atom. The van der Waals surface area contributed by atoms with Gasteiger partial charge in [0.05, 0.1) is 17.7 Å². The number of rotatable bonds is 3. The molecule has 1 unspecified atom stereocenters. The average Bonchev–Trinajstić information content (AvgIpc) is 2.46. The fraction of sp³-hybridized carbons (Fsp3) is 0.188. The van der Waals surface area contributed by atoms with Gasteiger partial charge in [-0.25, -0.2) is 4.39 Å². The first kappa shape index (κ1) is 15.6. The Bertz CT molecular complexity index is 723. The Labute approximate surface area is 133 Å². The van der Waals surface area contributed by atoms with Crippen molar-refractivity contribution in [2.45, 2.75) is 19.9 Å². The van der Waals surface area contributed by atoms with Crippen molar-refractivity contribution in [1.82, 2.24) is 0 Å². The minimum absolute atomic E-state index is 0.178. The molecule has 0 bridgehead atoms. The topological polar surface area (TPSA) is 35.8 Å². The molecule has 2 nitrogen and oxygen atoms in total. The molecule has 0 heterocycles. The van der Waals surface area contributed by atoms with E-state index in [2.05, 4.69) is 5.32 Å². The lowest BCUT2D eigenvalue weighted by atomic mass is 10.1. The standard InChI is InChI=1S/C16H13Cl2FN2/c1-9-15(19)5-11(8-20)6-16(9)21-10(2)13-7-12(17)3-4-14(13)18/h3-7,10,21H,1-2H3. The van der Waals surface area contributed by atoms with Crippen molar-refractivity contribution in [2.75, 3.05) is 5.32 Å². The van der Waals surface area contributed by atoms with Crippen molar-refractivity contribution in [3.8, 4) is 6.07 Å². The van der Waals surface area contributed by atoms with Gasteiger partial charge in [0.1, 0.15) is 5.82 Å². The Balaban J connectivity index is 2.36. The van der Waals surface area contributed by atoms with Crippen LogP contribution in [0.1, 0.15) is 29.7 Å². The zero-order valence-corrected chi connectivity index (χ0v) is 13.1. The van der Waals surface area contributed by atoms with Gasteiger partial charge in [-0.3, -0.25) is 0 Å². The summed E-state index contributed by atoms with van der Waals surface area (Å²) in [7, 11) is 0. The molecule has 1 atom stereocenters. The van der Waals surface area contributed by atoms with Gasteiger partial charge in [-0.05, 0) is 49.7 Å². The van der Waals surface area contributed by atoms with Gasteiger partial charge >= 0.3 is 0 Å². The molecular weight excluding hydrogens is 310 g/mol. The van der Waals surface area contributed by atoms with E-state index in [9.17, 15) is 4.39 Å². The molecule has 0 spiro atoms. The summed E-state index contributed by atoms with van der Waals surface area (Å²) in [5.41, 5.74) is 2.10. The second-order valence-electron chi connectivity index (χ2n) is 4.77. The van der Waals surface area contributed by atoms with Gasteiger partial charge in [0, 0.05) is 21.3 Å². The molecule has 108 valence electrons. The maximum atomic E-state index is 13.8. The Kier molecular flexibility index (Phi) is 4.72. The molecular formula is C16H13Cl2FN2. The Morgan fingerprint density at radius 2 is 1.95 bits per heavy atom. The number of hydrogen-bond acceptors (Lipinski definition) is 2. The number of benzene rings is 2. The van der Waals surface area contributed by atoms with Gasteiger partial charge in [0.2, 0.25) is 0 Å². The minimum Gasteiger partial charge on any atom is -0.378 e. The lowest BCUT2D eigenvalue weighted by Gasteiger charge is -2.19. The number of nitrogens with one attached hydrogen (secondary N) is 1. The van der Waals surface area contributed by atoms with Crippen LogP contribution in [0.2, 0.25) is 10.0 Å². The predicted molar refractivity (Wildman–Crippen MR) is 84.4 cm³/mol. The number of nitriles is 1. The average molecular weight is 323 g/mol. The molecule has 0 aliphatic rings. The molecule has 0 aromatic heterocycles. The maximum absolute atomic E-state index is 13.8. The first-order valence-corrected chi connectivity index (χ1v) is 7.09. The molecule has 0 saturated heterocycles. The summed E-state index contributed by atoms with van der Waals surface area (Å²) in [6.45, 7) is 3.55. The molecule has 0 saturated carbocycles. The lowest BCUT2D eigenvalue weighted by Crippen LogP contribution is -2.09. The van der Waals surface area contributed by atoms with E-state index in [4.69, 9.17) is 28.5 Å². The predicted octanol–water partition coefficient (Wildman–Crippen LogP) is 5.49. The highest BCUT2D eigenvalue weighted by atomic mass is 35.5. The van der Waals surface area contributed by atoms with E-state index >= 15 is 0 Å². The fourth-order valence-corrected chi connectivity index (χ4v) is 2.51. The molecule has 1 N–H and O–H groups in total. The second kappa shape index (κ2) is 6.34. The zero-order chi connectivity index (χ0) is 15.6. The van der Waals surface area contributed by atoms with Crippen LogP contribution in [0.25, 0.3) is 0 Å². The van der Waals surface area contributed by atoms with E-state index in [0.717, 1.165) is 5.56 Å². The van der Waals surface area contributed by atoms with Crippen molar-refractivity contribution in [2.24, 2.45) is 0 Å². The molecule has 0 aliphatic heterocycles. The van der Waals surface area contributed by atoms with Crippen LogP contribution in [0.15, 0.2) is 30.3 Å². The minimum atomic E-state index is -0.416. The van der Waals surface area contributed by atoms with E-state index in [1.54, 1.807) is 31.2 Å². The Morgan fingerprint density at radius 3 is 2.62 bits per heavy atom. The molecule has 2 rings (SSSR count). The summed E-state index contributed by atoms with van der Waals surface area (Å²) >= 11 is 12.1. The van der Waals surface area contributed by atoms with E-state index in [0.29, 0.717) is 21.3 Å². The summed E-state index contributed by atoms with van der Waals surface area (Å²) in [6.07, 6.45) is 0. The van der Waals surface area contributed by atoms with Crippen molar-refractivity contribution in [1.29, 1.82) is 5.26 Å². The number of nitrogens with zero attached hydrogens (tertiary/aromatic N) is 1. The summed E-state index contributed by atoms with van der Waals surface area (Å²) < 4.78 is 13.8. The third kappa shape index (κ3) is 3.47. The van der Waals surface area contributed by atoms with Gasteiger partial charge in [0.25, 0.3) is 0 Å². The first-order chi connectivity index (χ1) is 9.92. The van der Waals surface area contributed by atoms with Crippen LogP contribution in [0.4, 0.5) is 10.1 Å². The second-order valence-corrected chi connectivity index (χ2v) is 5.62. The van der Waals surface area contributed by atoms with Crippen molar-refractivity contribution in [3.05, 3.63) is 62.9 Å². The van der Waals surface area contributed by atoms with Crippen molar-refractivity contribution >= 4 is 28.9 Å². The zero-order valence-electron chi connectivity index (χ0n) is 11.5. The summed E-state index contributed by atoms with van der Waals surface area (Å²) in [5.74, 6) is -0.416. The van der Waals surface area contributed by atoms with E-state index < -0.39 is 5.82 Å². The summed E-state index contributed by atoms with van der Waals surface area (Å²) in [4.78, 5) is 0. The highest BCUT2D eigenvalue weighted by molar-refractivity contribution is 6.33. The molecule has 5 heteroatoms. The van der Waals surface area contributed by atoms with Crippen LogP contribution < -0.4 is 5.32 Å². The third-order valence-corrected chi connectivity index (χ3v) is 3.85. The highest BCUT2D eigenvalue weighted by Crippen LogP contribution is 2.30. The largest absolute Gasteiger partial charge is 0.378 e. The van der Waals surface area contributed by atoms with E-state index in [1.165, 1.54) is 6.07 Å². The van der Waals surface area contributed by atoms with Gasteiger partial charge < -0.3 is 5.32 Å². The van der Waals surface area contributed by atoms with Crippen LogP contribution in [0, 0.1) is 24.1 Å². The van der Waals surface area contributed by atoms with Crippen LogP contribution in [0.3, 0.4) is 0 Å². The molecule has 0 aliphatic carbocycles. The number of anilines is 1. The molecule has 0 fully saturated rings. The fourth-order valence-electron chi connectivity index (χ4n) is 2.05. The molecule has 0 radical (unpaired) electrons. The Hall–Kier alpha value is -1.76. The smallest absolute Gasteiger partial charge is 0.129 e. The SMILES string of the molecule is Cc1c(F)cc(C#N)cc1NC(C)c1cc(Cl)ccc1Cl. The number of hydrogen-bond donors (Lipinski definition) is 1. The summed E-state index contributed by atoms with van der Waals surface area (Å²) in [6, 6.07) is 9.80. The maximum Gasteiger partial charge on any atom is 0.129 e. The molecule has 0 amide bonds. The quantitative estimate of drug-likeness (QED) is 0.811. The highest BCUT2D eigenvalue weighted by Gasteiger charge is 2.13. The van der Waals surface area contributed by atoms with Crippen molar-refractivity contribution < 1.29 is 4.39 Å². The van der Waals surface area contributed by atoms with Crippen LogP contribution in [0.5, 0.6) is 0 Å². The van der Waals surface area contributed by atoms with Crippen LogP contribution in [-0.4, -0.2) is 0 Å². The number of halogens is 3. The van der Waals surface area contributed by atoms with E-state index in [1.807, 2.05) is 13.0 Å². The van der Waals surface area contributed by atoms with E-state index in [-0.39, 0.29) is 11.6 Å². The van der Waals surface area contributed by atoms with Gasteiger partial charge in [0.15, 0.2) is 0 Å². The van der Waals surface area contributed by atoms with Gasteiger partial charge in [-0.2, -0.15) is 5.26 Å². The van der Waals surface area contributed by atoms with Crippen molar-refractivity contribution in [3.63, 3.8) is 0 Å². The molecule has 2 aromatic rings. The van der Waals surface area contributed by atoms with Crippen LogP contribution in [-0.2, 0) is 0 Å². The molecule has 21 heavy (non-hydrogen) atoms. The van der Waals surface area contributed by atoms with Gasteiger partial charge in [-0.15, -0.1) is 0 Å². The first-order valence-electron chi connectivity index (χ1n) is 6.34. The monoisotopic (exact) mass is 322 g/mol. The third-order valence-electron chi connectivity index (χ3n) is 3.27. The van der Waals surface area contributed by atoms with Gasteiger partial charge in [-0.1, -0.05) is 23.2 Å². The lowest BCUT2D eigenvalue weighted by molar-refractivity contribution is 0.618. The normalized spacial score (nSPS) is 11.8.